The smallest absolute Gasteiger partial charge is 0.0524 e. The Labute approximate surface area is 88.7 Å². The third-order valence-corrected chi connectivity index (χ3v) is 2.92. The van der Waals surface area contributed by atoms with Crippen molar-refractivity contribution in [2.45, 2.75) is 46.5 Å². The maximum absolute atomic E-state index is 5.59. The second-order valence-electron chi connectivity index (χ2n) is 4.44. The first kappa shape index (κ1) is 13.3. The molecule has 0 aromatic carbocycles. The molecule has 80 valence electrons. The standard InChI is InChI=1S/C11H24OS/c1-4-5-6-7-8-12-9-11(2,3)10-13/h13H,4-10H2,1-3H3. The normalized spacial score (nSPS) is 12.0. The molecule has 0 saturated heterocycles. The molecule has 0 aliphatic carbocycles. The molecule has 13 heavy (non-hydrogen) atoms. The van der Waals surface area contributed by atoms with E-state index in [0.29, 0.717) is 0 Å². The lowest BCUT2D eigenvalue weighted by atomic mass is 9.98. The zero-order chi connectivity index (χ0) is 10.2. The van der Waals surface area contributed by atoms with Gasteiger partial charge in [-0.1, -0.05) is 40.0 Å². The molecule has 0 aromatic rings. The van der Waals surface area contributed by atoms with Crippen LogP contribution in [0.2, 0.25) is 0 Å². The average molecular weight is 204 g/mol. The lowest BCUT2D eigenvalue weighted by Crippen LogP contribution is -2.21. The van der Waals surface area contributed by atoms with Crippen molar-refractivity contribution in [3.05, 3.63) is 0 Å². The topological polar surface area (TPSA) is 9.23 Å². The van der Waals surface area contributed by atoms with Gasteiger partial charge in [-0.25, -0.2) is 0 Å². The summed E-state index contributed by atoms with van der Waals surface area (Å²) >= 11 is 4.28. The number of ether oxygens (including phenoxy) is 1. The van der Waals surface area contributed by atoms with Crippen LogP contribution in [-0.4, -0.2) is 19.0 Å². The maximum atomic E-state index is 5.59. The Balaban J connectivity index is 3.16. The molecule has 0 unspecified atom stereocenters. The minimum Gasteiger partial charge on any atom is -0.381 e. The first-order valence-electron chi connectivity index (χ1n) is 5.31. The third-order valence-electron chi connectivity index (χ3n) is 2.06. The van der Waals surface area contributed by atoms with Crippen LogP contribution in [0.25, 0.3) is 0 Å². The van der Waals surface area contributed by atoms with Gasteiger partial charge in [-0.15, -0.1) is 0 Å². The van der Waals surface area contributed by atoms with Gasteiger partial charge in [0.2, 0.25) is 0 Å². The van der Waals surface area contributed by atoms with Gasteiger partial charge in [0.15, 0.2) is 0 Å². The molecular formula is C11H24OS. The van der Waals surface area contributed by atoms with Crippen LogP contribution in [0, 0.1) is 5.41 Å². The first-order valence-corrected chi connectivity index (χ1v) is 5.94. The van der Waals surface area contributed by atoms with Crippen LogP contribution in [-0.2, 0) is 4.74 Å². The zero-order valence-corrected chi connectivity index (χ0v) is 10.2. The number of rotatable bonds is 8. The largest absolute Gasteiger partial charge is 0.381 e. The van der Waals surface area contributed by atoms with Crippen LogP contribution in [0.15, 0.2) is 0 Å². The second-order valence-corrected chi connectivity index (χ2v) is 4.75. The third kappa shape index (κ3) is 8.63. The Morgan fingerprint density at radius 1 is 1.15 bits per heavy atom. The minimum atomic E-state index is 0.230. The van der Waals surface area contributed by atoms with Crippen molar-refractivity contribution in [1.82, 2.24) is 0 Å². The van der Waals surface area contributed by atoms with E-state index in [9.17, 15) is 0 Å². The highest BCUT2D eigenvalue weighted by Crippen LogP contribution is 2.16. The molecule has 0 fully saturated rings. The van der Waals surface area contributed by atoms with Crippen molar-refractivity contribution in [3.63, 3.8) is 0 Å². The minimum absolute atomic E-state index is 0.230. The van der Waals surface area contributed by atoms with E-state index >= 15 is 0 Å². The van der Waals surface area contributed by atoms with Gasteiger partial charge in [0.05, 0.1) is 6.61 Å². The van der Waals surface area contributed by atoms with Crippen LogP contribution in [0.4, 0.5) is 0 Å². The summed E-state index contributed by atoms with van der Waals surface area (Å²) < 4.78 is 5.59. The molecule has 0 aromatic heterocycles. The van der Waals surface area contributed by atoms with Crippen LogP contribution in [0.3, 0.4) is 0 Å². The van der Waals surface area contributed by atoms with E-state index < -0.39 is 0 Å². The van der Waals surface area contributed by atoms with Gasteiger partial charge in [0, 0.05) is 6.61 Å². The summed E-state index contributed by atoms with van der Waals surface area (Å²) in [5, 5.41) is 0. The molecule has 0 radical (unpaired) electrons. The van der Waals surface area contributed by atoms with E-state index in [0.717, 1.165) is 19.0 Å². The zero-order valence-electron chi connectivity index (χ0n) is 9.31. The second kappa shape index (κ2) is 7.69. The van der Waals surface area contributed by atoms with Crippen molar-refractivity contribution in [3.8, 4) is 0 Å². The molecule has 1 nitrogen and oxygen atoms in total. The Bertz CT molecular complexity index is 113. The summed E-state index contributed by atoms with van der Waals surface area (Å²) in [5.41, 5.74) is 0.230. The van der Waals surface area contributed by atoms with Gasteiger partial charge < -0.3 is 4.74 Å². The average Bonchev–Trinajstić information content (AvgIpc) is 2.11. The van der Waals surface area contributed by atoms with Crippen LogP contribution < -0.4 is 0 Å². The SMILES string of the molecule is CCCCCCOCC(C)(C)CS. The molecule has 0 aliphatic heterocycles. The Morgan fingerprint density at radius 3 is 2.38 bits per heavy atom. The molecule has 0 spiro atoms. The molecule has 0 bridgehead atoms. The van der Waals surface area contributed by atoms with E-state index in [1.54, 1.807) is 0 Å². The maximum Gasteiger partial charge on any atom is 0.0524 e. The van der Waals surface area contributed by atoms with E-state index in [4.69, 9.17) is 4.74 Å². The summed E-state index contributed by atoms with van der Waals surface area (Å²) in [5.74, 6) is 0.891. The molecule has 0 rings (SSSR count). The van der Waals surface area contributed by atoms with Gasteiger partial charge in [0.1, 0.15) is 0 Å². The molecule has 2 heteroatoms. The van der Waals surface area contributed by atoms with Crippen LogP contribution >= 0.6 is 12.6 Å². The Morgan fingerprint density at radius 2 is 1.85 bits per heavy atom. The number of unbranched alkanes of at least 4 members (excludes halogenated alkanes) is 3. The highest BCUT2D eigenvalue weighted by atomic mass is 32.1. The fourth-order valence-electron chi connectivity index (χ4n) is 1.03. The summed E-state index contributed by atoms with van der Waals surface area (Å²) in [6.07, 6.45) is 5.13. The fourth-order valence-corrected chi connectivity index (χ4v) is 1.12. The van der Waals surface area contributed by atoms with Gasteiger partial charge in [-0.05, 0) is 17.6 Å². The van der Waals surface area contributed by atoms with Crippen molar-refractivity contribution >= 4 is 12.6 Å². The lowest BCUT2D eigenvalue weighted by Gasteiger charge is -2.21. The predicted octanol–water partition coefficient (Wildman–Crippen LogP) is 3.54. The highest BCUT2D eigenvalue weighted by Gasteiger charge is 2.15. The quantitative estimate of drug-likeness (QED) is 0.470. The van der Waals surface area contributed by atoms with E-state index in [-0.39, 0.29) is 5.41 Å². The van der Waals surface area contributed by atoms with Crippen LogP contribution in [0.1, 0.15) is 46.5 Å². The molecular weight excluding hydrogens is 180 g/mol. The summed E-state index contributed by atoms with van der Waals surface area (Å²) in [7, 11) is 0. The van der Waals surface area contributed by atoms with Crippen LogP contribution in [0.5, 0.6) is 0 Å². The van der Waals surface area contributed by atoms with Gasteiger partial charge in [-0.3, -0.25) is 0 Å². The van der Waals surface area contributed by atoms with Gasteiger partial charge >= 0.3 is 0 Å². The number of thiol groups is 1. The number of hydrogen-bond donors (Lipinski definition) is 1. The number of hydrogen-bond acceptors (Lipinski definition) is 2. The van der Waals surface area contributed by atoms with Gasteiger partial charge in [-0.2, -0.15) is 12.6 Å². The monoisotopic (exact) mass is 204 g/mol. The van der Waals surface area contributed by atoms with E-state index in [1.807, 2.05) is 0 Å². The predicted molar refractivity (Wildman–Crippen MR) is 62.6 cm³/mol. The summed E-state index contributed by atoms with van der Waals surface area (Å²) in [4.78, 5) is 0. The Kier molecular flexibility index (Phi) is 7.87. The van der Waals surface area contributed by atoms with Crippen molar-refractivity contribution in [2.24, 2.45) is 5.41 Å². The first-order chi connectivity index (χ1) is 6.12. The molecule has 0 heterocycles. The molecule has 0 aliphatic rings. The highest BCUT2D eigenvalue weighted by molar-refractivity contribution is 7.80. The van der Waals surface area contributed by atoms with Gasteiger partial charge in [0.25, 0.3) is 0 Å². The van der Waals surface area contributed by atoms with Crippen molar-refractivity contribution in [1.29, 1.82) is 0 Å². The molecule has 0 saturated carbocycles. The van der Waals surface area contributed by atoms with E-state index in [2.05, 4.69) is 33.4 Å². The van der Waals surface area contributed by atoms with Crippen molar-refractivity contribution < 1.29 is 4.74 Å². The lowest BCUT2D eigenvalue weighted by molar-refractivity contribution is 0.0709. The van der Waals surface area contributed by atoms with E-state index in [1.165, 1.54) is 25.7 Å². The molecule has 0 amide bonds. The van der Waals surface area contributed by atoms with Crippen molar-refractivity contribution in [2.75, 3.05) is 19.0 Å². The fraction of sp³-hybridized carbons (Fsp3) is 1.00. The summed E-state index contributed by atoms with van der Waals surface area (Å²) in [6.45, 7) is 8.35. The molecule has 0 atom stereocenters. The Hall–Kier alpha value is 0.310. The molecule has 0 N–H and O–H groups in total. The summed E-state index contributed by atoms with van der Waals surface area (Å²) in [6, 6.07) is 0.